The minimum Gasteiger partial charge on any atom is -0.459 e. The average Bonchev–Trinajstić information content (AvgIpc) is 3.65. The Labute approximate surface area is 286 Å². The summed E-state index contributed by atoms with van der Waals surface area (Å²) in [7, 11) is 0. The Bertz CT molecular complexity index is 1150. The topological polar surface area (TPSA) is 81.6 Å². The van der Waals surface area contributed by atoms with Crippen molar-refractivity contribution in [1.29, 1.82) is 0 Å². The van der Waals surface area contributed by atoms with Crippen LogP contribution in [0.2, 0.25) is 0 Å². The van der Waals surface area contributed by atoms with E-state index in [1.165, 1.54) is 121 Å². The van der Waals surface area contributed by atoms with E-state index in [-0.39, 0.29) is 18.1 Å². The highest BCUT2D eigenvalue weighted by atomic mass is 16.5. The second kappa shape index (κ2) is 16.4. The normalized spacial score (nSPS) is 31.4. The lowest BCUT2D eigenvalue weighted by molar-refractivity contribution is -0.144. The van der Waals surface area contributed by atoms with E-state index in [1.54, 1.807) is 0 Å². The molecule has 8 heteroatoms. The number of allylic oxidation sites excluding steroid dienone is 1. The fourth-order valence-corrected chi connectivity index (χ4v) is 9.62. The summed E-state index contributed by atoms with van der Waals surface area (Å²) >= 11 is 0. The average molecular weight is 651 g/mol. The Balaban J connectivity index is 0.869. The lowest BCUT2D eigenvalue weighted by Crippen LogP contribution is -2.59. The molecule has 6 heterocycles. The van der Waals surface area contributed by atoms with E-state index in [1.807, 2.05) is 0 Å². The van der Waals surface area contributed by atoms with E-state index in [2.05, 4.69) is 48.1 Å². The Morgan fingerprint density at radius 1 is 0.809 bits per heavy atom. The van der Waals surface area contributed by atoms with Crippen LogP contribution in [0.3, 0.4) is 0 Å². The highest BCUT2D eigenvalue weighted by Crippen LogP contribution is 2.40. The standard InChI is InChI=1S/C39H66N6O2/c1-5-6-7-8-9-12-15-19-31-26-34-22-23-35-36(29(4)41-39(43-31)45(34)35)37(46)47-28(3)17-14-11-10-13-16-18-30-25-33-21-20-32-24-27(2)40-38(42-30)44(32)33/h27-34H,5-26H2,1-4H3,(H,40,42)(H,41,43)/t27-,28?,29?,30+,31+,32+,33-,34-/m0/s1. The molecular weight excluding hydrogens is 584 g/mol. The number of esters is 1. The number of guanidine groups is 2. The van der Waals surface area contributed by atoms with Crippen LogP contribution < -0.4 is 10.6 Å². The molecule has 6 rings (SSSR count). The Hall–Kier alpha value is -2.25. The van der Waals surface area contributed by atoms with Gasteiger partial charge in [0.2, 0.25) is 0 Å². The predicted molar refractivity (Wildman–Crippen MR) is 193 cm³/mol. The van der Waals surface area contributed by atoms with Gasteiger partial charge in [-0.05, 0) is 91.4 Å². The van der Waals surface area contributed by atoms with Gasteiger partial charge in [0.25, 0.3) is 0 Å². The van der Waals surface area contributed by atoms with Gasteiger partial charge in [0.15, 0.2) is 11.9 Å². The number of hydrogen-bond acceptors (Lipinski definition) is 8. The van der Waals surface area contributed by atoms with Gasteiger partial charge in [-0.1, -0.05) is 77.6 Å². The molecule has 8 atom stereocenters. The summed E-state index contributed by atoms with van der Waals surface area (Å²) in [6, 6.07) is 3.31. The molecule has 47 heavy (non-hydrogen) atoms. The van der Waals surface area contributed by atoms with Crippen LogP contribution in [0.5, 0.6) is 0 Å². The van der Waals surface area contributed by atoms with E-state index in [9.17, 15) is 4.79 Å². The molecule has 0 aromatic rings. The van der Waals surface area contributed by atoms with E-state index in [0.29, 0.717) is 30.2 Å². The molecule has 8 nitrogen and oxygen atoms in total. The molecule has 4 fully saturated rings. The molecular formula is C39H66N6O2. The number of unbranched alkanes of at least 4 members (excludes halogenated alkanes) is 10. The summed E-state index contributed by atoms with van der Waals surface area (Å²) in [6.07, 6.45) is 27.3. The maximum Gasteiger partial charge on any atom is 0.338 e. The van der Waals surface area contributed by atoms with Gasteiger partial charge in [0, 0.05) is 35.9 Å². The van der Waals surface area contributed by atoms with Gasteiger partial charge in [-0.25, -0.2) is 14.8 Å². The molecule has 0 aromatic heterocycles. The van der Waals surface area contributed by atoms with E-state index in [0.717, 1.165) is 49.7 Å². The molecule has 2 unspecified atom stereocenters. The molecule has 6 aliphatic heterocycles. The number of aliphatic imine (C=N–C) groups is 2. The van der Waals surface area contributed by atoms with Crippen LogP contribution in [0, 0.1) is 0 Å². The van der Waals surface area contributed by atoms with Crippen molar-refractivity contribution in [2.75, 3.05) is 0 Å². The Kier molecular flexibility index (Phi) is 12.1. The zero-order valence-electron chi connectivity index (χ0n) is 30.3. The summed E-state index contributed by atoms with van der Waals surface area (Å²) in [5, 5.41) is 7.44. The van der Waals surface area contributed by atoms with Crippen LogP contribution in [0.15, 0.2) is 21.3 Å². The minimum atomic E-state index is -0.149. The third-order valence-electron chi connectivity index (χ3n) is 12.1. The van der Waals surface area contributed by atoms with Crippen LogP contribution >= 0.6 is 0 Å². The number of nitrogens with zero attached hydrogens (tertiary/aromatic N) is 4. The molecule has 4 saturated heterocycles. The van der Waals surface area contributed by atoms with Gasteiger partial charge in [-0.2, -0.15) is 0 Å². The van der Waals surface area contributed by atoms with Gasteiger partial charge >= 0.3 is 5.97 Å². The van der Waals surface area contributed by atoms with Crippen molar-refractivity contribution < 1.29 is 9.53 Å². The first-order valence-corrected chi connectivity index (χ1v) is 20.1. The zero-order chi connectivity index (χ0) is 32.8. The largest absolute Gasteiger partial charge is 0.459 e. The number of carbonyl (C=O) groups excluding carboxylic acids is 1. The van der Waals surface area contributed by atoms with Gasteiger partial charge < -0.3 is 25.2 Å². The molecule has 264 valence electrons. The van der Waals surface area contributed by atoms with Crippen molar-refractivity contribution in [3.8, 4) is 0 Å². The smallest absolute Gasteiger partial charge is 0.338 e. The molecule has 0 radical (unpaired) electrons. The molecule has 0 amide bonds. The number of rotatable bonds is 18. The van der Waals surface area contributed by atoms with Crippen molar-refractivity contribution >= 4 is 17.9 Å². The van der Waals surface area contributed by atoms with Gasteiger partial charge in [0.1, 0.15) is 0 Å². The van der Waals surface area contributed by atoms with Crippen molar-refractivity contribution in [2.24, 2.45) is 9.98 Å². The number of nitrogens with one attached hydrogen (secondary N) is 2. The SMILES string of the molecule is CCCCCCCCC[C@@H]1C[C@@H]2CCC3=C(C(=O)OC(C)CCCCCCC[C@@H]4C[C@@H]5CC[C@@H]6C[C@H](C)NC(=N4)N65)C(C)N=C(N1)N32. The third-order valence-corrected chi connectivity index (χ3v) is 12.1. The van der Waals surface area contributed by atoms with Crippen LogP contribution in [-0.2, 0) is 9.53 Å². The summed E-state index contributed by atoms with van der Waals surface area (Å²) in [6.45, 7) is 8.72. The number of carbonyl (C=O) groups is 1. The van der Waals surface area contributed by atoms with Crippen molar-refractivity contribution in [3.05, 3.63) is 11.3 Å². The highest BCUT2D eigenvalue weighted by Gasteiger charge is 2.45. The lowest BCUT2D eigenvalue weighted by Gasteiger charge is -2.44. The monoisotopic (exact) mass is 651 g/mol. The maximum absolute atomic E-state index is 13.5. The molecule has 0 saturated carbocycles. The molecule has 6 aliphatic rings. The van der Waals surface area contributed by atoms with Crippen LogP contribution in [0.1, 0.15) is 169 Å². The Morgan fingerprint density at radius 3 is 2.30 bits per heavy atom. The summed E-state index contributed by atoms with van der Waals surface area (Å²) in [5.74, 6) is 2.06. The lowest BCUT2D eigenvalue weighted by atomic mass is 9.96. The third kappa shape index (κ3) is 8.49. The first-order chi connectivity index (χ1) is 22.9. The van der Waals surface area contributed by atoms with Gasteiger partial charge in [-0.15, -0.1) is 0 Å². The minimum absolute atomic E-state index is 0.0576. The highest BCUT2D eigenvalue weighted by molar-refractivity contribution is 5.96. The number of ether oxygens (including phenoxy) is 1. The maximum atomic E-state index is 13.5. The fraction of sp³-hybridized carbons (Fsp3) is 0.872. The second-order valence-corrected chi connectivity index (χ2v) is 16.0. The number of hydrogen-bond donors (Lipinski definition) is 2. The fourth-order valence-electron chi connectivity index (χ4n) is 9.62. The van der Waals surface area contributed by atoms with Crippen molar-refractivity contribution in [1.82, 2.24) is 20.4 Å². The van der Waals surface area contributed by atoms with Crippen LogP contribution in [-0.4, -0.2) is 76.1 Å². The zero-order valence-corrected chi connectivity index (χ0v) is 30.3. The predicted octanol–water partition coefficient (Wildman–Crippen LogP) is 7.97. The van der Waals surface area contributed by atoms with Gasteiger partial charge in [0.05, 0.1) is 23.8 Å². The summed E-state index contributed by atoms with van der Waals surface area (Å²) in [5.41, 5.74) is 1.97. The first-order valence-electron chi connectivity index (χ1n) is 20.1. The van der Waals surface area contributed by atoms with Gasteiger partial charge in [-0.3, -0.25) is 0 Å². The summed E-state index contributed by atoms with van der Waals surface area (Å²) < 4.78 is 6.06. The van der Waals surface area contributed by atoms with Crippen molar-refractivity contribution in [3.63, 3.8) is 0 Å². The van der Waals surface area contributed by atoms with Crippen LogP contribution in [0.4, 0.5) is 0 Å². The van der Waals surface area contributed by atoms with E-state index >= 15 is 0 Å². The first kappa shape index (κ1) is 34.6. The van der Waals surface area contributed by atoms with E-state index < -0.39 is 0 Å². The molecule has 0 aliphatic carbocycles. The molecule has 2 N–H and O–H groups in total. The molecule has 0 aromatic carbocycles. The van der Waals surface area contributed by atoms with Crippen molar-refractivity contribution in [2.45, 2.75) is 217 Å². The Morgan fingerprint density at radius 2 is 1.51 bits per heavy atom. The molecule has 0 spiro atoms. The quantitative estimate of drug-likeness (QED) is 0.116. The second-order valence-electron chi connectivity index (χ2n) is 16.0. The molecule has 0 bridgehead atoms. The summed E-state index contributed by atoms with van der Waals surface area (Å²) in [4.78, 5) is 28.6. The van der Waals surface area contributed by atoms with Crippen LogP contribution in [0.25, 0.3) is 0 Å². The van der Waals surface area contributed by atoms with E-state index in [4.69, 9.17) is 14.7 Å².